The van der Waals surface area contributed by atoms with Gasteiger partial charge in [0.1, 0.15) is 5.82 Å². The Morgan fingerprint density at radius 1 is 1.40 bits per heavy atom. The maximum atomic E-state index is 12.5. The zero-order valence-electron chi connectivity index (χ0n) is 14.7. The van der Waals surface area contributed by atoms with E-state index < -0.39 is 0 Å². The summed E-state index contributed by atoms with van der Waals surface area (Å²) >= 11 is 6.01. The van der Waals surface area contributed by atoms with Crippen molar-refractivity contribution in [3.8, 4) is 0 Å². The van der Waals surface area contributed by atoms with Gasteiger partial charge in [-0.05, 0) is 37.5 Å². The van der Waals surface area contributed by atoms with E-state index in [9.17, 15) is 9.59 Å². The number of hydrogen-bond acceptors (Lipinski definition) is 3. The van der Waals surface area contributed by atoms with E-state index in [1.807, 2.05) is 6.92 Å². The van der Waals surface area contributed by atoms with Crippen molar-refractivity contribution < 1.29 is 4.79 Å². The molecule has 0 bridgehead atoms. The Kier molecular flexibility index (Phi) is 5.42. The quantitative estimate of drug-likeness (QED) is 0.882. The number of carbonyl (C=O) groups is 1. The highest BCUT2D eigenvalue weighted by molar-refractivity contribution is 6.31. The highest BCUT2D eigenvalue weighted by Gasteiger charge is 2.19. The number of nitrogens with one attached hydrogen (secondary N) is 1. The zero-order valence-corrected chi connectivity index (χ0v) is 15.5. The second kappa shape index (κ2) is 7.56. The molecule has 1 aliphatic rings. The van der Waals surface area contributed by atoms with E-state index in [4.69, 9.17) is 11.6 Å². The number of benzene rings is 1. The Hall–Kier alpha value is -1.88. The first-order valence-electron chi connectivity index (χ1n) is 8.91. The molecule has 1 aromatic heterocycles. The van der Waals surface area contributed by atoms with Crippen LogP contribution in [0, 0.1) is 5.92 Å². The Morgan fingerprint density at radius 3 is 2.84 bits per heavy atom. The smallest absolute Gasteiger partial charge is 0.261 e. The number of amides is 1. The Morgan fingerprint density at radius 2 is 2.12 bits per heavy atom. The third-order valence-electron chi connectivity index (χ3n) is 5.09. The van der Waals surface area contributed by atoms with Crippen molar-refractivity contribution in [3.63, 3.8) is 0 Å². The summed E-state index contributed by atoms with van der Waals surface area (Å²) in [7, 11) is 1.68. The molecule has 1 aromatic carbocycles. The highest BCUT2D eigenvalue weighted by Crippen LogP contribution is 2.28. The molecular formula is C19H24ClN3O2. The lowest BCUT2D eigenvalue weighted by molar-refractivity contribution is -0.122. The first-order valence-corrected chi connectivity index (χ1v) is 9.29. The van der Waals surface area contributed by atoms with Gasteiger partial charge in [-0.15, -0.1) is 0 Å². The molecule has 1 atom stereocenters. The topological polar surface area (TPSA) is 64.0 Å². The van der Waals surface area contributed by atoms with Crippen molar-refractivity contribution in [1.82, 2.24) is 14.9 Å². The Balaban J connectivity index is 1.74. The molecule has 5 nitrogen and oxygen atoms in total. The molecular weight excluding hydrogens is 338 g/mol. The molecule has 1 aliphatic carbocycles. The molecule has 0 spiro atoms. The molecule has 1 heterocycles. The minimum Gasteiger partial charge on any atom is -0.346 e. The molecule has 25 heavy (non-hydrogen) atoms. The SMILES string of the molecule is C[C@@H](NC(=O)CCC1CCCC1)c1nc2cc(Cl)ccc2c(=O)n1C. The van der Waals surface area contributed by atoms with Gasteiger partial charge in [-0.3, -0.25) is 14.2 Å². The van der Waals surface area contributed by atoms with Crippen LogP contribution in [-0.2, 0) is 11.8 Å². The number of nitrogens with zero attached hydrogens (tertiary/aromatic N) is 2. The van der Waals surface area contributed by atoms with E-state index in [1.165, 1.54) is 30.3 Å². The van der Waals surface area contributed by atoms with Gasteiger partial charge in [-0.1, -0.05) is 37.3 Å². The first kappa shape index (κ1) is 17.9. The molecule has 1 fully saturated rings. The van der Waals surface area contributed by atoms with Gasteiger partial charge in [0.25, 0.3) is 5.56 Å². The van der Waals surface area contributed by atoms with E-state index in [0.29, 0.717) is 34.1 Å². The van der Waals surface area contributed by atoms with E-state index in [0.717, 1.165) is 6.42 Å². The number of halogens is 1. The molecule has 0 radical (unpaired) electrons. The van der Waals surface area contributed by atoms with Crippen molar-refractivity contribution in [1.29, 1.82) is 0 Å². The summed E-state index contributed by atoms with van der Waals surface area (Å²) in [4.78, 5) is 29.3. The van der Waals surface area contributed by atoms with Crippen LogP contribution in [0.1, 0.15) is 57.3 Å². The maximum absolute atomic E-state index is 12.5. The van der Waals surface area contributed by atoms with Crippen LogP contribution in [0.15, 0.2) is 23.0 Å². The fourth-order valence-corrected chi connectivity index (χ4v) is 3.83. The van der Waals surface area contributed by atoms with Gasteiger partial charge in [0, 0.05) is 18.5 Å². The van der Waals surface area contributed by atoms with Crippen molar-refractivity contribution in [2.45, 2.75) is 51.5 Å². The van der Waals surface area contributed by atoms with Crippen LogP contribution in [0.2, 0.25) is 5.02 Å². The lowest BCUT2D eigenvalue weighted by Crippen LogP contribution is -2.32. The van der Waals surface area contributed by atoms with Crippen LogP contribution in [0.25, 0.3) is 10.9 Å². The summed E-state index contributed by atoms with van der Waals surface area (Å²) in [6.07, 6.45) is 6.53. The van der Waals surface area contributed by atoms with Crippen LogP contribution < -0.4 is 10.9 Å². The normalized spacial score (nSPS) is 16.3. The van der Waals surface area contributed by atoms with Crippen molar-refractivity contribution >= 4 is 28.4 Å². The largest absolute Gasteiger partial charge is 0.346 e. The molecule has 1 N–H and O–H groups in total. The van der Waals surface area contributed by atoms with E-state index >= 15 is 0 Å². The summed E-state index contributed by atoms with van der Waals surface area (Å²) in [5.41, 5.74) is 0.418. The van der Waals surface area contributed by atoms with E-state index in [1.54, 1.807) is 25.2 Å². The minimum absolute atomic E-state index is 0.0137. The van der Waals surface area contributed by atoms with Gasteiger partial charge >= 0.3 is 0 Å². The molecule has 0 saturated heterocycles. The number of fused-ring (bicyclic) bond motifs is 1. The maximum Gasteiger partial charge on any atom is 0.261 e. The second-order valence-corrected chi connectivity index (χ2v) is 7.41. The third kappa shape index (κ3) is 4.03. The molecule has 1 saturated carbocycles. The molecule has 134 valence electrons. The van der Waals surface area contributed by atoms with Crippen LogP contribution in [0.3, 0.4) is 0 Å². The zero-order chi connectivity index (χ0) is 18.0. The van der Waals surface area contributed by atoms with Crippen molar-refractivity contribution in [3.05, 3.63) is 39.4 Å². The molecule has 1 amide bonds. The van der Waals surface area contributed by atoms with Gasteiger partial charge < -0.3 is 5.32 Å². The predicted octanol–water partition coefficient (Wildman–Crippen LogP) is 3.73. The monoisotopic (exact) mass is 361 g/mol. The van der Waals surface area contributed by atoms with Gasteiger partial charge in [0.05, 0.1) is 16.9 Å². The summed E-state index contributed by atoms with van der Waals surface area (Å²) in [6, 6.07) is 4.70. The molecule has 0 aliphatic heterocycles. The molecule has 6 heteroatoms. The van der Waals surface area contributed by atoms with Crippen molar-refractivity contribution in [2.24, 2.45) is 13.0 Å². The number of rotatable bonds is 5. The standard InChI is InChI=1S/C19H24ClN3O2/c1-12(21-17(24)10-7-13-5-3-4-6-13)18-22-16-11-14(20)8-9-15(16)19(25)23(18)2/h8-9,11-13H,3-7,10H2,1-2H3,(H,21,24)/t12-/m1/s1. The summed E-state index contributed by atoms with van der Waals surface area (Å²) in [6.45, 7) is 1.85. The third-order valence-corrected chi connectivity index (χ3v) is 5.33. The number of aromatic nitrogens is 2. The summed E-state index contributed by atoms with van der Waals surface area (Å²) < 4.78 is 1.50. The predicted molar refractivity (Wildman–Crippen MR) is 99.7 cm³/mol. The first-order chi connectivity index (χ1) is 12.0. The second-order valence-electron chi connectivity index (χ2n) is 6.97. The van der Waals surface area contributed by atoms with Gasteiger partial charge in [0.2, 0.25) is 5.91 Å². The Bertz CT molecular complexity index is 840. The number of hydrogen-bond donors (Lipinski definition) is 1. The summed E-state index contributed by atoms with van der Waals surface area (Å²) in [5.74, 6) is 1.24. The average Bonchev–Trinajstić information content (AvgIpc) is 3.09. The molecule has 2 aromatic rings. The molecule has 0 unspecified atom stereocenters. The lowest BCUT2D eigenvalue weighted by Gasteiger charge is -2.18. The number of carbonyl (C=O) groups excluding carboxylic acids is 1. The molecule has 3 rings (SSSR count). The highest BCUT2D eigenvalue weighted by atomic mass is 35.5. The minimum atomic E-state index is -0.336. The van der Waals surface area contributed by atoms with Gasteiger partial charge in [-0.25, -0.2) is 4.98 Å². The van der Waals surface area contributed by atoms with E-state index in [2.05, 4.69) is 10.3 Å². The fourth-order valence-electron chi connectivity index (χ4n) is 3.66. The van der Waals surface area contributed by atoms with Crippen LogP contribution >= 0.6 is 11.6 Å². The summed E-state index contributed by atoms with van der Waals surface area (Å²) in [5, 5.41) is 4.03. The van der Waals surface area contributed by atoms with Crippen LogP contribution in [-0.4, -0.2) is 15.5 Å². The van der Waals surface area contributed by atoms with Crippen molar-refractivity contribution in [2.75, 3.05) is 0 Å². The van der Waals surface area contributed by atoms with Gasteiger partial charge in [-0.2, -0.15) is 0 Å². The average molecular weight is 362 g/mol. The van der Waals surface area contributed by atoms with Crippen LogP contribution in [0.5, 0.6) is 0 Å². The lowest BCUT2D eigenvalue weighted by atomic mass is 10.0. The van der Waals surface area contributed by atoms with Gasteiger partial charge in [0.15, 0.2) is 0 Å². The van der Waals surface area contributed by atoms with E-state index in [-0.39, 0.29) is 17.5 Å². The Labute approximate surface area is 152 Å². The fraction of sp³-hybridized carbons (Fsp3) is 0.526. The van der Waals surface area contributed by atoms with Crippen LogP contribution in [0.4, 0.5) is 0 Å².